The van der Waals surface area contributed by atoms with Gasteiger partial charge in [0.05, 0.1) is 17.3 Å². The van der Waals surface area contributed by atoms with Crippen LogP contribution in [0.1, 0.15) is 30.5 Å². The highest BCUT2D eigenvalue weighted by atomic mass is 32.2. The van der Waals surface area contributed by atoms with Gasteiger partial charge in [-0.15, -0.1) is 11.8 Å². The molecule has 0 atom stereocenters. The maximum absolute atomic E-state index is 4.07. The second-order valence-electron chi connectivity index (χ2n) is 6.97. The minimum Gasteiger partial charge on any atom is -0.279 e. The lowest BCUT2D eigenvalue weighted by Crippen LogP contribution is -2.38. The van der Waals surface area contributed by atoms with E-state index < -0.39 is 0 Å². The van der Waals surface area contributed by atoms with Crippen LogP contribution in [-0.2, 0) is 13.1 Å². The second-order valence-corrected chi connectivity index (χ2v) is 7.85. The molecule has 0 unspecified atom stereocenters. The molecule has 25 heavy (non-hydrogen) atoms. The largest absolute Gasteiger partial charge is 0.279 e. The van der Waals surface area contributed by atoms with E-state index >= 15 is 0 Å². The lowest BCUT2D eigenvalue weighted by atomic mass is 10.0. The molecule has 1 aliphatic rings. The summed E-state index contributed by atoms with van der Waals surface area (Å²) in [5.41, 5.74) is 4.76. The summed E-state index contributed by atoms with van der Waals surface area (Å²) in [7, 11) is 0. The minimum atomic E-state index is -0.177. The summed E-state index contributed by atoms with van der Waals surface area (Å²) in [5.74, 6) is 6.83. The summed E-state index contributed by atoms with van der Waals surface area (Å²) in [4.78, 5) is 3.78. The van der Waals surface area contributed by atoms with Gasteiger partial charge < -0.3 is 0 Å². The molecule has 1 aromatic heterocycles. The molecule has 0 radical (unpaired) electrons. The molecule has 0 aliphatic carbocycles. The van der Waals surface area contributed by atoms with Crippen molar-refractivity contribution in [3.63, 3.8) is 0 Å². The van der Waals surface area contributed by atoms with Crippen LogP contribution in [-0.4, -0.2) is 26.9 Å². The highest BCUT2D eigenvalue weighted by molar-refractivity contribution is 7.98. The van der Waals surface area contributed by atoms with Crippen molar-refractivity contribution in [1.29, 1.82) is 0 Å². The number of rotatable bonds is 2. The zero-order valence-electron chi connectivity index (χ0n) is 14.8. The molecule has 0 bridgehead atoms. The van der Waals surface area contributed by atoms with Gasteiger partial charge in [-0.3, -0.25) is 10.00 Å². The van der Waals surface area contributed by atoms with Crippen molar-refractivity contribution in [2.24, 2.45) is 0 Å². The molecule has 0 fully saturated rings. The van der Waals surface area contributed by atoms with Crippen LogP contribution in [0.4, 0.5) is 0 Å². The van der Waals surface area contributed by atoms with Gasteiger partial charge in [0.15, 0.2) is 0 Å². The number of thioether (sulfide) groups is 1. The van der Waals surface area contributed by atoms with Crippen molar-refractivity contribution in [3.8, 4) is 11.8 Å². The molecule has 3 nitrogen and oxygen atoms in total. The second kappa shape index (κ2) is 6.25. The van der Waals surface area contributed by atoms with Gasteiger partial charge in [0.1, 0.15) is 0 Å². The topological polar surface area (TPSA) is 31.9 Å². The quantitative estimate of drug-likeness (QED) is 0.550. The van der Waals surface area contributed by atoms with Gasteiger partial charge in [0.25, 0.3) is 0 Å². The molecular weight excluding hydrogens is 326 g/mol. The predicted molar refractivity (Wildman–Crippen MR) is 105 cm³/mol. The first-order valence-electron chi connectivity index (χ1n) is 8.42. The average molecular weight is 347 g/mol. The van der Waals surface area contributed by atoms with Gasteiger partial charge >= 0.3 is 0 Å². The Labute approximate surface area is 152 Å². The molecule has 1 aliphatic heterocycles. The molecule has 4 rings (SSSR count). The van der Waals surface area contributed by atoms with Crippen LogP contribution < -0.4 is 0 Å². The normalized spacial score (nSPS) is 14.4. The van der Waals surface area contributed by atoms with Crippen LogP contribution in [0.3, 0.4) is 0 Å². The lowest BCUT2D eigenvalue weighted by molar-refractivity contribution is 0.171. The fraction of sp³-hybridized carbons (Fsp3) is 0.286. The molecule has 2 heterocycles. The SMILES string of the molecule is CSc1ccc2c(c1)CN(C(C)(C)C#Cc1ccc3[nH]ncc3c1)C2. The summed E-state index contributed by atoms with van der Waals surface area (Å²) in [6.45, 7) is 6.34. The van der Waals surface area contributed by atoms with Crippen LogP contribution in [0.15, 0.2) is 47.5 Å². The Morgan fingerprint density at radius 2 is 1.96 bits per heavy atom. The Hall–Kier alpha value is -2.22. The van der Waals surface area contributed by atoms with Crippen LogP contribution in [0.2, 0.25) is 0 Å². The zero-order valence-corrected chi connectivity index (χ0v) is 15.6. The number of hydrogen-bond donors (Lipinski definition) is 1. The highest BCUT2D eigenvalue weighted by Crippen LogP contribution is 2.31. The molecule has 0 amide bonds. The summed E-state index contributed by atoms with van der Waals surface area (Å²) in [5, 5.41) is 8.14. The molecule has 0 saturated carbocycles. The number of benzene rings is 2. The van der Waals surface area contributed by atoms with Gasteiger partial charge in [0, 0.05) is 28.9 Å². The highest BCUT2D eigenvalue weighted by Gasteiger charge is 2.30. The Bertz CT molecular complexity index is 991. The summed E-state index contributed by atoms with van der Waals surface area (Å²) in [6, 6.07) is 13.0. The van der Waals surface area contributed by atoms with Crippen molar-refractivity contribution in [1.82, 2.24) is 15.1 Å². The molecule has 0 spiro atoms. The molecule has 3 aromatic rings. The summed E-state index contributed by atoms with van der Waals surface area (Å²) >= 11 is 1.80. The van der Waals surface area contributed by atoms with Crippen molar-refractivity contribution in [2.75, 3.05) is 6.26 Å². The number of aromatic amines is 1. The average Bonchev–Trinajstić information content (AvgIpc) is 3.25. The maximum atomic E-state index is 4.07. The van der Waals surface area contributed by atoms with Crippen molar-refractivity contribution < 1.29 is 0 Å². The summed E-state index contributed by atoms with van der Waals surface area (Å²) < 4.78 is 0. The Balaban J connectivity index is 1.56. The van der Waals surface area contributed by atoms with E-state index in [2.05, 4.69) is 71.3 Å². The number of hydrogen-bond acceptors (Lipinski definition) is 3. The van der Waals surface area contributed by atoms with Crippen molar-refractivity contribution in [2.45, 2.75) is 37.4 Å². The van der Waals surface area contributed by atoms with Gasteiger partial charge in [-0.1, -0.05) is 17.9 Å². The molecule has 126 valence electrons. The van der Waals surface area contributed by atoms with Gasteiger partial charge in [-0.25, -0.2) is 0 Å². The first-order chi connectivity index (χ1) is 12.0. The fourth-order valence-corrected chi connectivity index (χ4v) is 3.68. The number of H-pyrrole nitrogens is 1. The number of nitrogens with one attached hydrogen (secondary N) is 1. The van der Waals surface area contributed by atoms with Crippen LogP contribution >= 0.6 is 11.8 Å². The van der Waals surface area contributed by atoms with Crippen molar-refractivity contribution in [3.05, 3.63) is 59.3 Å². The van der Waals surface area contributed by atoms with E-state index in [0.29, 0.717) is 0 Å². The van der Waals surface area contributed by atoms with E-state index in [-0.39, 0.29) is 5.54 Å². The number of aromatic nitrogens is 2. The Morgan fingerprint density at radius 3 is 2.80 bits per heavy atom. The van der Waals surface area contributed by atoms with Gasteiger partial charge in [-0.2, -0.15) is 5.10 Å². The monoisotopic (exact) mass is 347 g/mol. The third-order valence-electron chi connectivity index (χ3n) is 4.88. The summed E-state index contributed by atoms with van der Waals surface area (Å²) in [6.07, 6.45) is 3.97. The number of fused-ring (bicyclic) bond motifs is 2. The van der Waals surface area contributed by atoms with E-state index in [1.54, 1.807) is 11.8 Å². The van der Waals surface area contributed by atoms with Crippen LogP contribution in [0.5, 0.6) is 0 Å². The van der Waals surface area contributed by atoms with E-state index in [9.17, 15) is 0 Å². The third kappa shape index (κ3) is 3.18. The smallest absolute Gasteiger partial charge is 0.0778 e. The maximum Gasteiger partial charge on any atom is 0.0778 e. The van der Waals surface area contributed by atoms with Crippen molar-refractivity contribution >= 4 is 22.7 Å². The standard InChI is InChI=1S/C21H21N3S/c1-21(2,9-8-15-4-7-20-17(10-15)12-22-23-20)24-13-16-5-6-19(25-3)11-18(16)14-24/h4-7,10-12H,13-14H2,1-3H3,(H,22,23). The van der Waals surface area contributed by atoms with Gasteiger partial charge in [0.2, 0.25) is 0 Å². The van der Waals surface area contributed by atoms with Gasteiger partial charge in [-0.05, 0) is 61.6 Å². The number of nitrogens with zero attached hydrogens (tertiary/aromatic N) is 2. The molecule has 4 heteroatoms. The van der Waals surface area contributed by atoms with E-state index in [1.165, 1.54) is 16.0 Å². The molecular formula is C21H21N3S. The molecule has 1 N–H and O–H groups in total. The van der Waals surface area contributed by atoms with E-state index in [4.69, 9.17) is 0 Å². The minimum absolute atomic E-state index is 0.177. The zero-order chi connectivity index (χ0) is 17.4. The Kier molecular flexibility index (Phi) is 4.07. The molecule has 0 saturated heterocycles. The predicted octanol–water partition coefficient (Wildman–Crippen LogP) is 4.43. The van der Waals surface area contributed by atoms with E-state index in [0.717, 1.165) is 29.6 Å². The first-order valence-corrected chi connectivity index (χ1v) is 9.65. The first kappa shape index (κ1) is 16.3. The van der Waals surface area contributed by atoms with Crippen LogP contribution in [0, 0.1) is 11.8 Å². The fourth-order valence-electron chi connectivity index (χ4n) is 3.22. The third-order valence-corrected chi connectivity index (χ3v) is 5.60. The molecule has 2 aromatic carbocycles. The Morgan fingerprint density at radius 1 is 1.12 bits per heavy atom. The lowest BCUT2D eigenvalue weighted by Gasteiger charge is -2.30. The van der Waals surface area contributed by atoms with Crippen LogP contribution in [0.25, 0.3) is 10.9 Å². The van der Waals surface area contributed by atoms with E-state index in [1.807, 2.05) is 18.3 Å².